The molecule has 2 aromatic rings. The lowest BCUT2D eigenvalue weighted by Crippen LogP contribution is -2.33. The first-order valence-corrected chi connectivity index (χ1v) is 8.01. The molecule has 0 aliphatic heterocycles. The molecule has 3 nitrogen and oxygen atoms in total. The van der Waals surface area contributed by atoms with Gasteiger partial charge in [0.25, 0.3) is 0 Å². The van der Waals surface area contributed by atoms with Gasteiger partial charge in [-0.3, -0.25) is 4.79 Å². The molecule has 0 aliphatic rings. The van der Waals surface area contributed by atoms with Crippen LogP contribution in [0, 0.1) is 0 Å². The van der Waals surface area contributed by atoms with E-state index in [-0.39, 0.29) is 5.91 Å². The first kappa shape index (κ1) is 16.7. The summed E-state index contributed by atoms with van der Waals surface area (Å²) < 4.78 is 4.50. The number of benzene rings is 2. The van der Waals surface area contributed by atoms with Gasteiger partial charge in [-0.2, -0.15) is 0 Å². The third-order valence-corrected chi connectivity index (χ3v) is 4.57. The molecule has 0 aromatic heterocycles. The number of amides is 1. The van der Waals surface area contributed by atoms with E-state index in [2.05, 4.69) is 5.32 Å². The van der Waals surface area contributed by atoms with E-state index in [4.69, 9.17) is 16.3 Å². The SMILES string of the molecule is COc1ccc(NC(=O)C(C)(C)Sc2ccccc2)cc1Cl. The minimum Gasteiger partial charge on any atom is -0.495 e. The van der Waals surface area contributed by atoms with Gasteiger partial charge in [0.05, 0.1) is 16.9 Å². The third kappa shape index (κ3) is 4.18. The smallest absolute Gasteiger partial charge is 0.240 e. The largest absolute Gasteiger partial charge is 0.495 e. The number of ether oxygens (including phenoxy) is 1. The van der Waals surface area contributed by atoms with Crippen molar-refractivity contribution < 1.29 is 9.53 Å². The van der Waals surface area contributed by atoms with E-state index in [1.807, 2.05) is 44.2 Å². The molecule has 0 atom stereocenters. The van der Waals surface area contributed by atoms with Crippen molar-refractivity contribution in [3.8, 4) is 5.75 Å². The first-order chi connectivity index (χ1) is 10.4. The van der Waals surface area contributed by atoms with Crippen molar-refractivity contribution in [2.24, 2.45) is 0 Å². The number of methoxy groups -OCH3 is 1. The predicted molar refractivity (Wildman–Crippen MR) is 93.0 cm³/mol. The number of hydrogen-bond donors (Lipinski definition) is 1. The number of nitrogens with one attached hydrogen (secondary N) is 1. The average molecular weight is 336 g/mol. The van der Waals surface area contributed by atoms with Crippen molar-refractivity contribution in [1.29, 1.82) is 0 Å². The van der Waals surface area contributed by atoms with E-state index in [9.17, 15) is 4.79 Å². The maximum Gasteiger partial charge on any atom is 0.240 e. The van der Waals surface area contributed by atoms with Crippen molar-refractivity contribution in [3.05, 3.63) is 53.6 Å². The molecule has 1 N–H and O–H groups in total. The van der Waals surface area contributed by atoms with Gasteiger partial charge in [-0.05, 0) is 44.2 Å². The van der Waals surface area contributed by atoms with Crippen LogP contribution in [-0.2, 0) is 4.79 Å². The molecule has 0 radical (unpaired) electrons. The molecular weight excluding hydrogens is 318 g/mol. The standard InChI is InChI=1S/C17H18ClNO2S/c1-17(2,22-13-7-5-4-6-8-13)16(20)19-12-9-10-15(21-3)14(18)11-12/h4-11H,1-3H3,(H,19,20). The van der Waals surface area contributed by atoms with Gasteiger partial charge < -0.3 is 10.1 Å². The molecule has 0 spiro atoms. The lowest BCUT2D eigenvalue weighted by Gasteiger charge is -2.23. The zero-order chi connectivity index (χ0) is 16.2. The summed E-state index contributed by atoms with van der Waals surface area (Å²) in [5, 5.41) is 3.36. The highest BCUT2D eigenvalue weighted by Crippen LogP contribution is 2.34. The fourth-order valence-corrected chi connectivity index (χ4v) is 3.14. The van der Waals surface area contributed by atoms with Gasteiger partial charge >= 0.3 is 0 Å². The Morgan fingerprint density at radius 2 is 1.86 bits per heavy atom. The molecule has 0 unspecified atom stereocenters. The molecule has 0 fully saturated rings. The summed E-state index contributed by atoms with van der Waals surface area (Å²) >= 11 is 7.59. The summed E-state index contributed by atoms with van der Waals surface area (Å²) in [4.78, 5) is 13.5. The Labute approximate surface area is 140 Å². The zero-order valence-corrected chi connectivity index (χ0v) is 14.3. The van der Waals surface area contributed by atoms with Gasteiger partial charge in [-0.1, -0.05) is 29.8 Å². The van der Waals surface area contributed by atoms with Crippen LogP contribution in [0.15, 0.2) is 53.4 Å². The highest BCUT2D eigenvalue weighted by molar-refractivity contribution is 8.01. The summed E-state index contributed by atoms with van der Waals surface area (Å²) in [6.07, 6.45) is 0. The van der Waals surface area contributed by atoms with Crippen LogP contribution in [0.4, 0.5) is 5.69 Å². The number of carbonyl (C=O) groups is 1. The van der Waals surface area contributed by atoms with Gasteiger partial charge in [0.15, 0.2) is 0 Å². The Morgan fingerprint density at radius 1 is 1.18 bits per heavy atom. The molecule has 0 saturated heterocycles. The fraction of sp³-hybridized carbons (Fsp3) is 0.235. The number of rotatable bonds is 5. The number of carbonyl (C=O) groups excluding carboxylic acids is 1. The molecule has 1 amide bonds. The van der Waals surface area contributed by atoms with Crippen molar-refractivity contribution in [3.63, 3.8) is 0 Å². The van der Waals surface area contributed by atoms with E-state index < -0.39 is 4.75 Å². The van der Waals surface area contributed by atoms with Crippen LogP contribution in [0.3, 0.4) is 0 Å². The molecule has 0 heterocycles. The van der Waals surface area contributed by atoms with Crippen LogP contribution in [-0.4, -0.2) is 17.8 Å². The highest BCUT2D eigenvalue weighted by atomic mass is 35.5. The average Bonchev–Trinajstić information content (AvgIpc) is 2.48. The molecular formula is C17H18ClNO2S. The molecule has 22 heavy (non-hydrogen) atoms. The first-order valence-electron chi connectivity index (χ1n) is 6.81. The molecule has 2 aromatic carbocycles. The summed E-state index contributed by atoms with van der Waals surface area (Å²) in [7, 11) is 1.55. The van der Waals surface area contributed by atoms with Gasteiger partial charge in [0.2, 0.25) is 5.91 Å². The van der Waals surface area contributed by atoms with Gasteiger partial charge in [0.1, 0.15) is 5.75 Å². The van der Waals surface area contributed by atoms with E-state index in [1.54, 1.807) is 25.3 Å². The van der Waals surface area contributed by atoms with E-state index >= 15 is 0 Å². The summed E-state index contributed by atoms with van der Waals surface area (Å²) in [6, 6.07) is 15.0. The summed E-state index contributed by atoms with van der Waals surface area (Å²) in [5.74, 6) is 0.500. The lowest BCUT2D eigenvalue weighted by molar-refractivity contribution is -0.117. The third-order valence-electron chi connectivity index (χ3n) is 3.07. The maximum absolute atomic E-state index is 12.5. The second-order valence-corrected chi connectivity index (χ2v) is 7.33. The Balaban J connectivity index is 2.08. The molecule has 0 saturated carbocycles. The van der Waals surface area contributed by atoms with Crippen LogP contribution in [0.2, 0.25) is 5.02 Å². The second-order valence-electron chi connectivity index (χ2n) is 5.23. The number of halogens is 1. The molecule has 5 heteroatoms. The normalized spacial score (nSPS) is 11.1. The Bertz CT molecular complexity index is 659. The van der Waals surface area contributed by atoms with E-state index in [0.29, 0.717) is 16.5 Å². The zero-order valence-electron chi connectivity index (χ0n) is 12.7. The Kier molecular flexibility index (Phi) is 5.37. The van der Waals surface area contributed by atoms with Crippen molar-refractivity contribution in [1.82, 2.24) is 0 Å². The van der Waals surface area contributed by atoms with Gasteiger partial charge in [0, 0.05) is 10.6 Å². The number of thioether (sulfide) groups is 1. The molecule has 2 rings (SSSR count). The van der Waals surface area contributed by atoms with Gasteiger partial charge in [-0.25, -0.2) is 0 Å². The summed E-state index contributed by atoms with van der Waals surface area (Å²) in [5.41, 5.74) is 0.650. The van der Waals surface area contributed by atoms with Crippen LogP contribution < -0.4 is 10.1 Å². The van der Waals surface area contributed by atoms with Crippen LogP contribution in [0.1, 0.15) is 13.8 Å². The van der Waals surface area contributed by atoms with Crippen LogP contribution in [0.5, 0.6) is 5.75 Å². The monoisotopic (exact) mass is 335 g/mol. The molecule has 0 aliphatic carbocycles. The van der Waals surface area contributed by atoms with Gasteiger partial charge in [-0.15, -0.1) is 11.8 Å². The number of anilines is 1. The molecule has 0 bridgehead atoms. The van der Waals surface area contributed by atoms with E-state index in [1.165, 1.54) is 11.8 Å². The van der Waals surface area contributed by atoms with Crippen molar-refractivity contribution >= 4 is 35.0 Å². The highest BCUT2D eigenvalue weighted by Gasteiger charge is 2.29. The number of hydrogen-bond acceptors (Lipinski definition) is 3. The predicted octanol–water partition coefficient (Wildman–Crippen LogP) is 4.86. The quantitative estimate of drug-likeness (QED) is 0.793. The van der Waals surface area contributed by atoms with Crippen LogP contribution in [0.25, 0.3) is 0 Å². The molecule has 116 valence electrons. The fourth-order valence-electron chi connectivity index (χ4n) is 1.86. The summed E-state index contributed by atoms with van der Waals surface area (Å²) in [6.45, 7) is 3.79. The van der Waals surface area contributed by atoms with Crippen molar-refractivity contribution in [2.45, 2.75) is 23.5 Å². The second kappa shape index (κ2) is 7.07. The van der Waals surface area contributed by atoms with Crippen LogP contribution >= 0.6 is 23.4 Å². The lowest BCUT2D eigenvalue weighted by atomic mass is 10.2. The maximum atomic E-state index is 12.5. The van der Waals surface area contributed by atoms with E-state index in [0.717, 1.165) is 4.90 Å². The minimum absolute atomic E-state index is 0.0809. The minimum atomic E-state index is -0.603. The Hall–Kier alpha value is -1.65. The Morgan fingerprint density at radius 3 is 2.45 bits per heavy atom. The van der Waals surface area contributed by atoms with Crippen molar-refractivity contribution in [2.75, 3.05) is 12.4 Å². The topological polar surface area (TPSA) is 38.3 Å².